The Kier molecular flexibility index (Phi) is 4.90. The second-order valence-corrected chi connectivity index (χ2v) is 8.08. The van der Waals surface area contributed by atoms with Gasteiger partial charge in [-0.2, -0.15) is 9.57 Å². The summed E-state index contributed by atoms with van der Waals surface area (Å²) in [6.45, 7) is 1.89. The zero-order valence-corrected chi connectivity index (χ0v) is 15.1. The van der Waals surface area contributed by atoms with Crippen LogP contribution >= 0.6 is 11.6 Å². The van der Waals surface area contributed by atoms with E-state index >= 15 is 0 Å². The van der Waals surface area contributed by atoms with E-state index in [1.807, 2.05) is 4.90 Å². The van der Waals surface area contributed by atoms with Crippen molar-refractivity contribution in [2.45, 2.75) is 0 Å². The van der Waals surface area contributed by atoms with Gasteiger partial charge in [-0.05, 0) is 24.3 Å². The molecule has 0 aliphatic carbocycles. The van der Waals surface area contributed by atoms with Crippen LogP contribution in [0.1, 0.15) is 5.56 Å². The molecule has 0 atom stereocenters. The van der Waals surface area contributed by atoms with Crippen LogP contribution in [-0.4, -0.2) is 55.1 Å². The Hall–Kier alpha value is -2.21. The Labute approximate surface area is 151 Å². The molecular formula is C16H16ClN5O2S. The van der Waals surface area contributed by atoms with Gasteiger partial charge >= 0.3 is 0 Å². The van der Waals surface area contributed by atoms with Crippen molar-refractivity contribution in [3.8, 4) is 17.5 Å². The van der Waals surface area contributed by atoms with Crippen molar-refractivity contribution >= 4 is 27.4 Å². The molecular weight excluding hydrogens is 362 g/mol. The van der Waals surface area contributed by atoms with Crippen molar-refractivity contribution in [2.75, 3.05) is 37.3 Å². The number of piperazine rings is 1. The predicted octanol–water partition coefficient (Wildman–Crippen LogP) is 1.75. The Bertz CT molecular complexity index is 917. The molecule has 0 N–H and O–H groups in total. The Morgan fingerprint density at radius 2 is 1.76 bits per heavy atom. The molecule has 1 aliphatic rings. The molecule has 25 heavy (non-hydrogen) atoms. The lowest BCUT2D eigenvalue weighted by atomic mass is 10.1. The Morgan fingerprint density at radius 1 is 1.12 bits per heavy atom. The average molecular weight is 378 g/mol. The van der Waals surface area contributed by atoms with Crippen molar-refractivity contribution < 1.29 is 8.42 Å². The third-order valence-electron chi connectivity index (χ3n) is 3.99. The highest BCUT2D eigenvalue weighted by Gasteiger charge is 2.24. The van der Waals surface area contributed by atoms with Gasteiger partial charge in [-0.15, -0.1) is 0 Å². The summed E-state index contributed by atoms with van der Waals surface area (Å²) >= 11 is 6.14. The zero-order chi connectivity index (χ0) is 18.0. The molecule has 0 bridgehead atoms. The van der Waals surface area contributed by atoms with Gasteiger partial charge in [-0.3, -0.25) is 0 Å². The third-order valence-corrected chi connectivity index (χ3v) is 5.48. The van der Waals surface area contributed by atoms with Crippen molar-refractivity contribution in [3.63, 3.8) is 0 Å². The molecule has 130 valence electrons. The fraction of sp³-hybridized carbons (Fsp3) is 0.312. The number of benzene rings is 1. The summed E-state index contributed by atoms with van der Waals surface area (Å²) in [6, 6.07) is 10.7. The highest BCUT2D eigenvalue weighted by Crippen LogP contribution is 2.24. The second kappa shape index (κ2) is 6.96. The van der Waals surface area contributed by atoms with Gasteiger partial charge in [-0.25, -0.2) is 18.4 Å². The molecule has 1 aliphatic heterocycles. The molecule has 1 saturated heterocycles. The molecule has 0 amide bonds. The van der Waals surface area contributed by atoms with Gasteiger partial charge in [0.15, 0.2) is 5.82 Å². The van der Waals surface area contributed by atoms with Crippen LogP contribution < -0.4 is 4.90 Å². The molecule has 1 aromatic heterocycles. The quantitative estimate of drug-likeness (QED) is 0.757. The Morgan fingerprint density at radius 3 is 2.32 bits per heavy atom. The lowest BCUT2D eigenvalue weighted by Gasteiger charge is -2.34. The second-order valence-electron chi connectivity index (χ2n) is 5.71. The lowest BCUT2D eigenvalue weighted by Crippen LogP contribution is -2.48. The number of hydrogen-bond acceptors (Lipinski definition) is 6. The van der Waals surface area contributed by atoms with Crippen LogP contribution in [0.15, 0.2) is 30.3 Å². The number of aromatic nitrogens is 2. The van der Waals surface area contributed by atoms with E-state index in [-0.39, 0.29) is 0 Å². The first-order chi connectivity index (χ1) is 11.9. The van der Waals surface area contributed by atoms with Gasteiger partial charge in [0.1, 0.15) is 11.0 Å². The van der Waals surface area contributed by atoms with E-state index in [2.05, 4.69) is 16.0 Å². The van der Waals surface area contributed by atoms with E-state index in [9.17, 15) is 8.42 Å². The molecule has 0 unspecified atom stereocenters. The van der Waals surface area contributed by atoms with Crippen LogP contribution in [0.2, 0.25) is 5.15 Å². The number of sulfonamides is 1. The monoisotopic (exact) mass is 377 g/mol. The normalized spacial score (nSPS) is 15.8. The molecule has 0 radical (unpaired) electrons. The summed E-state index contributed by atoms with van der Waals surface area (Å²) in [4.78, 5) is 10.8. The summed E-state index contributed by atoms with van der Waals surface area (Å²) < 4.78 is 24.7. The van der Waals surface area contributed by atoms with Gasteiger partial charge in [0.2, 0.25) is 10.0 Å². The van der Waals surface area contributed by atoms with Crippen LogP contribution in [-0.2, 0) is 10.0 Å². The minimum absolute atomic E-state index is 0.315. The fourth-order valence-electron chi connectivity index (χ4n) is 2.64. The summed E-state index contributed by atoms with van der Waals surface area (Å²) in [5.74, 6) is 1.13. The maximum absolute atomic E-state index is 11.6. The van der Waals surface area contributed by atoms with E-state index in [0.29, 0.717) is 48.5 Å². The maximum atomic E-state index is 11.6. The first-order valence-electron chi connectivity index (χ1n) is 7.62. The van der Waals surface area contributed by atoms with Crippen molar-refractivity contribution in [2.24, 2.45) is 0 Å². The van der Waals surface area contributed by atoms with Crippen molar-refractivity contribution in [3.05, 3.63) is 41.0 Å². The first kappa shape index (κ1) is 17.6. The molecule has 1 aromatic carbocycles. The van der Waals surface area contributed by atoms with Crippen LogP contribution in [0.4, 0.5) is 5.82 Å². The van der Waals surface area contributed by atoms with Crippen LogP contribution in [0, 0.1) is 11.3 Å². The van der Waals surface area contributed by atoms with Crippen LogP contribution in [0.5, 0.6) is 0 Å². The van der Waals surface area contributed by atoms with Gasteiger partial charge in [0, 0.05) is 37.8 Å². The van der Waals surface area contributed by atoms with Crippen LogP contribution in [0.3, 0.4) is 0 Å². The maximum Gasteiger partial charge on any atom is 0.211 e. The van der Waals surface area contributed by atoms with E-state index in [1.54, 1.807) is 30.3 Å². The number of hydrogen-bond donors (Lipinski definition) is 0. The molecule has 3 rings (SSSR count). The van der Waals surface area contributed by atoms with E-state index in [1.165, 1.54) is 10.6 Å². The topological polar surface area (TPSA) is 90.2 Å². The highest BCUT2D eigenvalue weighted by atomic mass is 35.5. The zero-order valence-electron chi connectivity index (χ0n) is 13.6. The standard InChI is InChI=1S/C16H16ClN5O2S/c1-25(23,24)22-8-6-21(7-9-22)15-10-14(17)19-16(20-15)13-4-2-12(11-18)3-5-13/h2-5,10H,6-9H2,1H3. The number of nitrogens with zero attached hydrogens (tertiary/aromatic N) is 5. The predicted molar refractivity (Wildman–Crippen MR) is 95.8 cm³/mol. The molecule has 7 nitrogen and oxygen atoms in total. The summed E-state index contributed by atoms with van der Waals surface area (Å²) in [6.07, 6.45) is 1.22. The first-order valence-corrected chi connectivity index (χ1v) is 9.84. The fourth-order valence-corrected chi connectivity index (χ4v) is 3.64. The number of halogens is 1. The van der Waals surface area contributed by atoms with E-state index in [0.717, 1.165) is 5.56 Å². The summed E-state index contributed by atoms with van der Waals surface area (Å²) in [5.41, 5.74) is 1.32. The number of anilines is 1. The molecule has 2 aromatic rings. The minimum Gasteiger partial charge on any atom is -0.354 e. The highest BCUT2D eigenvalue weighted by molar-refractivity contribution is 7.88. The molecule has 0 spiro atoms. The van der Waals surface area contributed by atoms with Gasteiger partial charge in [0.05, 0.1) is 17.9 Å². The van der Waals surface area contributed by atoms with Gasteiger partial charge < -0.3 is 4.90 Å². The lowest BCUT2D eigenvalue weighted by molar-refractivity contribution is 0.387. The Balaban J connectivity index is 1.84. The van der Waals surface area contributed by atoms with E-state index < -0.39 is 10.0 Å². The van der Waals surface area contributed by atoms with Gasteiger partial charge in [-0.1, -0.05) is 11.6 Å². The minimum atomic E-state index is -3.18. The smallest absolute Gasteiger partial charge is 0.211 e. The molecule has 0 saturated carbocycles. The molecule has 9 heteroatoms. The summed E-state index contributed by atoms with van der Waals surface area (Å²) in [7, 11) is -3.18. The number of rotatable bonds is 3. The van der Waals surface area contributed by atoms with Gasteiger partial charge in [0.25, 0.3) is 0 Å². The summed E-state index contributed by atoms with van der Waals surface area (Å²) in [5, 5.41) is 9.20. The third kappa shape index (κ3) is 4.07. The van der Waals surface area contributed by atoms with Crippen molar-refractivity contribution in [1.82, 2.24) is 14.3 Å². The van der Waals surface area contributed by atoms with Crippen molar-refractivity contribution in [1.29, 1.82) is 5.26 Å². The largest absolute Gasteiger partial charge is 0.354 e. The molecule has 2 heterocycles. The average Bonchev–Trinajstić information content (AvgIpc) is 2.60. The SMILES string of the molecule is CS(=O)(=O)N1CCN(c2cc(Cl)nc(-c3ccc(C#N)cc3)n2)CC1. The number of nitriles is 1. The molecule has 1 fully saturated rings. The van der Waals surface area contributed by atoms with E-state index in [4.69, 9.17) is 16.9 Å². The van der Waals surface area contributed by atoms with Crippen LogP contribution in [0.25, 0.3) is 11.4 Å².